The average Bonchev–Trinajstić information content (AvgIpc) is 2.56. The number of methoxy groups -OCH3 is 1. The van der Waals surface area contributed by atoms with Gasteiger partial charge in [0.25, 0.3) is 0 Å². The molecule has 3 rings (SSSR count). The van der Waals surface area contributed by atoms with E-state index in [1.807, 2.05) is 24.4 Å². The first kappa shape index (κ1) is 13.6. The molecule has 0 aliphatic carbocycles. The van der Waals surface area contributed by atoms with Gasteiger partial charge in [0, 0.05) is 6.20 Å². The van der Waals surface area contributed by atoms with Crippen LogP contribution < -0.4 is 10.1 Å². The van der Waals surface area contributed by atoms with Crippen LogP contribution >= 0.6 is 0 Å². The molecule has 0 atom stereocenters. The number of hydrogen-bond acceptors (Lipinski definition) is 2. The minimum atomic E-state index is 0.868. The normalized spacial score (nSPS) is 10.7. The van der Waals surface area contributed by atoms with Crippen LogP contribution in [0.1, 0.15) is 11.3 Å². The van der Waals surface area contributed by atoms with Gasteiger partial charge in [-0.1, -0.05) is 36.4 Å². The molecule has 0 aliphatic heterocycles. The van der Waals surface area contributed by atoms with E-state index in [1.165, 1.54) is 16.3 Å². The van der Waals surface area contributed by atoms with Crippen molar-refractivity contribution in [3.63, 3.8) is 0 Å². The smallest absolute Gasteiger partial charge is 0.128 e. The van der Waals surface area contributed by atoms with Gasteiger partial charge < -0.3 is 10.1 Å². The minimum Gasteiger partial charge on any atom is -0.496 e. The zero-order valence-electron chi connectivity index (χ0n) is 12.1. The Morgan fingerprint density at radius 1 is 0.952 bits per heavy atom. The molecule has 0 amide bonds. The van der Waals surface area contributed by atoms with E-state index in [9.17, 15) is 0 Å². The van der Waals surface area contributed by atoms with Crippen molar-refractivity contribution in [1.82, 2.24) is 4.98 Å². The summed E-state index contributed by atoms with van der Waals surface area (Å²) < 4.78 is 5.52. The number of nitrogens with zero attached hydrogens (tertiary/aromatic N) is 1. The first-order valence-electron chi connectivity index (χ1n) is 7.14. The van der Waals surface area contributed by atoms with Gasteiger partial charge in [0.2, 0.25) is 0 Å². The maximum absolute atomic E-state index is 5.52. The fraction of sp³-hybridized carbons (Fsp3) is 0.167. The predicted molar refractivity (Wildman–Crippen MR) is 84.1 cm³/mol. The highest BCUT2D eigenvalue weighted by molar-refractivity contribution is 5.87. The van der Waals surface area contributed by atoms with Gasteiger partial charge >= 0.3 is 0 Å². The van der Waals surface area contributed by atoms with Crippen LogP contribution in [-0.4, -0.2) is 12.1 Å². The van der Waals surface area contributed by atoms with Crippen molar-refractivity contribution >= 4 is 10.8 Å². The standard InChI is InChI=1S/C18H18N2O/c1-21-18-10-9-14-6-2-3-8-16(14)17(18)13-19-12-15-7-4-5-11-20-15/h2-11,19H,12-13H2,1H3/p+1. The summed E-state index contributed by atoms with van der Waals surface area (Å²) in [6.07, 6.45) is 1.83. The number of benzene rings is 2. The fourth-order valence-electron chi connectivity index (χ4n) is 2.60. The number of quaternary nitrogens is 1. The van der Waals surface area contributed by atoms with Gasteiger partial charge in [-0.25, -0.2) is 0 Å². The predicted octanol–water partition coefficient (Wildman–Crippen LogP) is 2.51. The second-order valence-electron chi connectivity index (χ2n) is 4.99. The van der Waals surface area contributed by atoms with Crippen molar-refractivity contribution in [2.24, 2.45) is 0 Å². The van der Waals surface area contributed by atoms with E-state index in [-0.39, 0.29) is 0 Å². The minimum absolute atomic E-state index is 0.868. The average molecular weight is 279 g/mol. The van der Waals surface area contributed by atoms with Gasteiger partial charge in [-0.3, -0.25) is 4.98 Å². The topological polar surface area (TPSA) is 38.7 Å². The summed E-state index contributed by atoms with van der Waals surface area (Å²) in [5, 5.41) is 4.76. The summed E-state index contributed by atoms with van der Waals surface area (Å²) in [6, 6.07) is 18.6. The lowest BCUT2D eigenvalue weighted by Gasteiger charge is -2.11. The highest BCUT2D eigenvalue weighted by Gasteiger charge is 2.09. The van der Waals surface area contributed by atoms with E-state index < -0.39 is 0 Å². The van der Waals surface area contributed by atoms with Gasteiger partial charge in [-0.15, -0.1) is 0 Å². The molecule has 106 valence electrons. The van der Waals surface area contributed by atoms with Crippen molar-refractivity contribution in [2.45, 2.75) is 13.1 Å². The Balaban J connectivity index is 1.82. The van der Waals surface area contributed by atoms with Crippen LogP contribution in [0.25, 0.3) is 10.8 Å². The first-order chi connectivity index (χ1) is 10.4. The Morgan fingerprint density at radius 2 is 1.81 bits per heavy atom. The lowest BCUT2D eigenvalue weighted by atomic mass is 10.0. The molecule has 0 unspecified atom stereocenters. The molecule has 3 aromatic rings. The Hall–Kier alpha value is -2.39. The summed E-state index contributed by atoms with van der Waals surface area (Å²) in [5.41, 5.74) is 2.34. The van der Waals surface area contributed by atoms with Crippen LogP contribution in [-0.2, 0) is 13.1 Å². The summed E-state index contributed by atoms with van der Waals surface area (Å²) in [4.78, 5) is 4.35. The van der Waals surface area contributed by atoms with E-state index in [4.69, 9.17) is 4.74 Å². The lowest BCUT2D eigenvalue weighted by molar-refractivity contribution is -0.686. The maximum atomic E-state index is 5.52. The molecule has 3 nitrogen and oxygen atoms in total. The number of hydrogen-bond donors (Lipinski definition) is 1. The maximum Gasteiger partial charge on any atom is 0.128 e. The molecule has 0 radical (unpaired) electrons. The SMILES string of the molecule is COc1ccc2ccccc2c1C[NH2+]Cc1ccccn1. The van der Waals surface area contributed by atoms with Crippen LogP contribution in [0, 0.1) is 0 Å². The van der Waals surface area contributed by atoms with E-state index in [1.54, 1.807) is 7.11 Å². The molecule has 0 fully saturated rings. The van der Waals surface area contributed by atoms with Crippen LogP contribution in [0.4, 0.5) is 0 Å². The van der Waals surface area contributed by atoms with E-state index in [0.717, 1.165) is 24.5 Å². The summed E-state index contributed by atoms with van der Waals surface area (Å²) in [5.74, 6) is 0.950. The summed E-state index contributed by atoms with van der Waals surface area (Å²) >= 11 is 0. The van der Waals surface area contributed by atoms with E-state index in [2.05, 4.69) is 46.7 Å². The van der Waals surface area contributed by atoms with Crippen molar-refractivity contribution in [3.8, 4) is 5.75 Å². The van der Waals surface area contributed by atoms with Gasteiger partial charge in [0.15, 0.2) is 0 Å². The molecule has 0 aliphatic rings. The molecular weight excluding hydrogens is 260 g/mol. The highest BCUT2D eigenvalue weighted by atomic mass is 16.5. The Labute approximate surface area is 124 Å². The van der Waals surface area contributed by atoms with Crippen molar-refractivity contribution in [2.75, 3.05) is 7.11 Å². The van der Waals surface area contributed by atoms with E-state index in [0.29, 0.717) is 0 Å². The Bertz CT molecular complexity index is 726. The van der Waals surface area contributed by atoms with Gasteiger partial charge in [-0.2, -0.15) is 0 Å². The molecular formula is C18H19N2O+. The molecule has 21 heavy (non-hydrogen) atoms. The Kier molecular flexibility index (Phi) is 4.12. The van der Waals surface area contributed by atoms with Crippen LogP contribution in [0.2, 0.25) is 0 Å². The Morgan fingerprint density at radius 3 is 2.62 bits per heavy atom. The number of pyridine rings is 1. The first-order valence-corrected chi connectivity index (χ1v) is 7.14. The van der Waals surface area contributed by atoms with Gasteiger partial charge in [0.05, 0.1) is 18.4 Å². The van der Waals surface area contributed by atoms with Crippen LogP contribution in [0.5, 0.6) is 5.75 Å². The zero-order chi connectivity index (χ0) is 14.5. The second kappa shape index (κ2) is 6.37. The summed E-state index contributed by atoms with van der Waals surface area (Å²) in [7, 11) is 1.73. The third kappa shape index (κ3) is 3.03. The molecule has 3 heteroatoms. The fourth-order valence-corrected chi connectivity index (χ4v) is 2.60. The molecule has 0 saturated carbocycles. The lowest BCUT2D eigenvalue weighted by Crippen LogP contribution is -2.80. The monoisotopic (exact) mass is 279 g/mol. The number of fused-ring (bicyclic) bond motifs is 1. The van der Waals surface area contributed by atoms with Gasteiger partial charge in [0.1, 0.15) is 18.8 Å². The molecule has 0 saturated heterocycles. The van der Waals surface area contributed by atoms with Crippen LogP contribution in [0.15, 0.2) is 60.8 Å². The third-order valence-electron chi connectivity index (χ3n) is 3.65. The molecule has 2 aromatic carbocycles. The number of rotatable bonds is 5. The number of nitrogens with two attached hydrogens (primary N) is 1. The quantitative estimate of drug-likeness (QED) is 0.779. The molecule has 2 N–H and O–H groups in total. The number of ether oxygens (including phenoxy) is 1. The molecule has 1 aromatic heterocycles. The van der Waals surface area contributed by atoms with Gasteiger partial charge in [-0.05, 0) is 29.0 Å². The van der Waals surface area contributed by atoms with Crippen LogP contribution in [0.3, 0.4) is 0 Å². The third-order valence-corrected chi connectivity index (χ3v) is 3.65. The largest absolute Gasteiger partial charge is 0.496 e. The molecule has 0 bridgehead atoms. The molecule has 1 heterocycles. The summed E-state index contributed by atoms with van der Waals surface area (Å²) in [6.45, 7) is 1.74. The van der Waals surface area contributed by atoms with E-state index >= 15 is 0 Å². The second-order valence-corrected chi connectivity index (χ2v) is 4.99. The molecule has 0 spiro atoms. The number of aromatic nitrogens is 1. The van der Waals surface area contributed by atoms with Crippen molar-refractivity contribution in [1.29, 1.82) is 0 Å². The van der Waals surface area contributed by atoms with Crippen molar-refractivity contribution in [3.05, 3.63) is 72.1 Å². The van der Waals surface area contributed by atoms with Crippen molar-refractivity contribution < 1.29 is 10.1 Å². The highest BCUT2D eigenvalue weighted by Crippen LogP contribution is 2.27. The zero-order valence-corrected chi connectivity index (χ0v) is 12.1.